The van der Waals surface area contributed by atoms with E-state index in [2.05, 4.69) is 57.7 Å². The molecule has 0 spiro atoms. The predicted octanol–water partition coefficient (Wildman–Crippen LogP) is 2.42. The van der Waals surface area contributed by atoms with Gasteiger partial charge in [-0.1, -0.05) is 6.07 Å². The lowest BCUT2D eigenvalue weighted by atomic mass is 9.94. The minimum Gasteiger partial charge on any atom is -0.300 e. The molecule has 0 aromatic carbocycles. The van der Waals surface area contributed by atoms with Gasteiger partial charge < -0.3 is 4.90 Å². The summed E-state index contributed by atoms with van der Waals surface area (Å²) in [6.07, 6.45) is 7.01. The number of nitrogens with zero attached hydrogens (tertiary/aromatic N) is 5. The molecule has 23 heavy (non-hydrogen) atoms. The van der Waals surface area contributed by atoms with E-state index in [0.717, 1.165) is 26.2 Å². The highest BCUT2D eigenvalue weighted by Gasteiger charge is 2.33. The molecule has 0 amide bonds. The van der Waals surface area contributed by atoms with Gasteiger partial charge in [0.1, 0.15) is 0 Å². The molecule has 0 bridgehead atoms. The van der Waals surface area contributed by atoms with Gasteiger partial charge in [-0.25, -0.2) is 0 Å². The lowest BCUT2D eigenvalue weighted by Crippen LogP contribution is -2.30. The standard InChI is InChI=1S/C18H27N5/c1-4-23-17(7-10-20-23)14-21(2)13-16-8-11-22(3)18(16)15-6-5-9-19-12-15/h5-7,9-10,12,16,18H,4,8,11,13-14H2,1-3H3/t16-,18-/m0/s1. The van der Waals surface area contributed by atoms with E-state index < -0.39 is 0 Å². The van der Waals surface area contributed by atoms with Crippen LogP contribution in [0.1, 0.15) is 30.6 Å². The second-order valence-electron chi connectivity index (χ2n) is 6.60. The van der Waals surface area contributed by atoms with Crippen LogP contribution in [0.4, 0.5) is 0 Å². The molecule has 1 aliphatic heterocycles. The largest absolute Gasteiger partial charge is 0.300 e. The van der Waals surface area contributed by atoms with Crippen molar-refractivity contribution in [1.29, 1.82) is 0 Å². The van der Waals surface area contributed by atoms with Crippen LogP contribution in [-0.4, -0.2) is 51.7 Å². The van der Waals surface area contributed by atoms with Gasteiger partial charge in [0.15, 0.2) is 0 Å². The van der Waals surface area contributed by atoms with E-state index >= 15 is 0 Å². The molecular weight excluding hydrogens is 286 g/mol. The predicted molar refractivity (Wildman–Crippen MR) is 92.0 cm³/mol. The third-order valence-electron chi connectivity index (χ3n) is 4.88. The molecule has 1 saturated heterocycles. The Morgan fingerprint density at radius 1 is 1.30 bits per heavy atom. The third-order valence-corrected chi connectivity index (χ3v) is 4.88. The van der Waals surface area contributed by atoms with Crippen molar-refractivity contribution >= 4 is 0 Å². The molecular formula is C18H27N5. The van der Waals surface area contributed by atoms with Crippen molar-refractivity contribution in [3.63, 3.8) is 0 Å². The Kier molecular flexibility index (Phi) is 5.08. The summed E-state index contributed by atoms with van der Waals surface area (Å²) in [5.74, 6) is 0.646. The summed E-state index contributed by atoms with van der Waals surface area (Å²) in [6.45, 7) is 6.28. The van der Waals surface area contributed by atoms with Gasteiger partial charge in [0.2, 0.25) is 0 Å². The van der Waals surface area contributed by atoms with E-state index in [9.17, 15) is 0 Å². The quantitative estimate of drug-likeness (QED) is 0.821. The average molecular weight is 313 g/mol. The van der Waals surface area contributed by atoms with Crippen LogP contribution in [0.3, 0.4) is 0 Å². The van der Waals surface area contributed by atoms with Gasteiger partial charge in [-0.3, -0.25) is 14.6 Å². The van der Waals surface area contributed by atoms with Crippen LogP contribution in [0, 0.1) is 5.92 Å². The van der Waals surface area contributed by atoms with Crippen molar-refractivity contribution < 1.29 is 0 Å². The number of aryl methyl sites for hydroxylation is 1. The summed E-state index contributed by atoms with van der Waals surface area (Å²) in [6, 6.07) is 6.85. The summed E-state index contributed by atoms with van der Waals surface area (Å²) in [7, 11) is 4.44. The molecule has 0 saturated carbocycles. The van der Waals surface area contributed by atoms with Crippen LogP contribution in [0.5, 0.6) is 0 Å². The van der Waals surface area contributed by atoms with Crippen molar-refractivity contribution in [3.8, 4) is 0 Å². The van der Waals surface area contributed by atoms with Crippen LogP contribution >= 0.6 is 0 Å². The molecule has 2 aromatic heterocycles. The first-order valence-corrected chi connectivity index (χ1v) is 8.48. The van der Waals surface area contributed by atoms with E-state index in [0.29, 0.717) is 12.0 Å². The topological polar surface area (TPSA) is 37.2 Å². The molecule has 0 aliphatic carbocycles. The lowest BCUT2D eigenvalue weighted by Gasteiger charge is -2.28. The van der Waals surface area contributed by atoms with Gasteiger partial charge in [-0.05, 0) is 57.6 Å². The number of aromatic nitrogens is 3. The van der Waals surface area contributed by atoms with E-state index in [4.69, 9.17) is 0 Å². The Balaban J connectivity index is 1.66. The first kappa shape index (κ1) is 16.1. The third kappa shape index (κ3) is 3.62. The summed E-state index contributed by atoms with van der Waals surface area (Å²) in [4.78, 5) is 9.20. The fraction of sp³-hybridized carbons (Fsp3) is 0.556. The van der Waals surface area contributed by atoms with Crippen molar-refractivity contribution in [2.75, 3.05) is 27.2 Å². The fourth-order valence-corrected chi connectivity index (χ4v) is 3.82. The molecule has 3 heterocycles. The number of pyridine rings is 1. The highest BCUT2D eigenvalue weighted by Crippen LogP contribution is 2.36. The molecule has 1 aliphatic rings. The van der Waals surface area contributed by atoms with E-state index in [1.54, 1.807) is 0 Å². The van der Waals surface area contributed by atoms with E-state index in [1.807, 2.05) is 24.7 Å². The maximum absolute atomic E-state index is 4.37. The van der Waals surface area contributed by atoms with E-state index in [-0.39, 0.29) is 0 Å². The van der Waals surface area contributed by atoms with Gasteiger partial charge in [0, 0.05) is 44.3 Å². The monoisotopic (exact) mass is 313 g/mol. The van der Waals surface area contributed by atoms with Gasteiger partial charge in [0.05, 0.1) is 5.69 Å². The molecule has 0 radical (unpaired) electrons. The zero-order chi connectivity index (χ0) is 16.2. The molecule has 5 heteroatoms. The maximum atomic E-state index is 4.37. The second-order valence-corrected chi connectivity index (χ2v) is 6.60. The number of rotatable bonds is 6. The lowest BCUT2D eigenvalue weighted by molar-refractivity contribution is 0.210. The minimum absolute atomic E-state index is 0.474. The Hall–Kier alpha value is -1.72. The van der Waals surface area contributed by atoms with Crippen molar-refractivity contribution in [2.45, 2.75) is 32.5 Å². The molecule has 2 aromatic rings. The van der Waals surface area contributed by atoms with Crippen LogP contribution < -0.4 is 0 Å². The number of hydrogen-bond donors (Lipinski definition) is 0. The molecule has 1 fully saturated rings. The number of likely N-dealkylation sites (tertiary alicyclic amines) is 1. The highest BCUT2D eigenvalue weighted by atomic mass is 15.3. The summed E-state index contributed by atoms with van der Waals surface area (Å²) in [5, 5.41) is 4.37. The van der Waals surface area contributed by atoms with Crippen molar-refractivity contribution in [1.82, 2.24) is 24.6 Å². The fourth-order valence-electron chi connectivity index (χ4n) is 3.82. The smallest absolute Gasteiger partial charge is 0.0524 e. The normalized spacial score (nSPS) is 22.1. The molecule has 0 N–H and O–H groups in total. The Morgan fingerprint density at radius 2 is 2.17 bits per heavy atom. The molecule has 2 atom stereocenters. The van der Waals surface area contributed by atoms with E-state index in [1.165, 1.54) is 17.7 Å². The van der Waals surface area contributed by atoms with Crippen LogP contribution in [-0.2, 0) is 13.1 Å². The average Bonchev–Trinajstić information content (AvgIpc) is 3.14. The maximum Gasteiger partial charge on any atom is 0.0524 e. The van der Waals surface area contributed by atoms with Gasteiger partial charge in [-0.15, -0.1) is 0 Å². The summed E-state index contributed by atoms with van der Waals surface area (Å²) < 4.78 is 2.08. The van der Waals surface area contributed by atoms with Crippen molar-refractivity contribution in [3.05, 3.63) is 48.0 Å². The van der Waals surface area contributed by atoms with Crippen LogP contribution in [0.25, 0.3) is 0 Å². The molecule has 5 nitrogen and oxygen atoms in total. The van der Waals surface area contributed by atoms with Crippen LogP contribution in [0.2, 0.25) is 0 Å². The zero-order valence-corrected chi connectivity index (χ0v) is 14.4. The molecule has 124 valence electrons. The Labute approximate surface area is 138 Å². The molecule has 3 rings (SSSR count). The second kappa shape index (κ2) is 7.23. The van der Waals surface area contributed by atoms with Gasteiger partial charge in [-0.2, -0.15) is 5.10 Å². The highest BCUT2D eigenvalue weighted by molar-refractivity contribution is 5.17. The summed E-state index contributed by atoms with van der Waals surface area (Å²) >= 11 is 0. The minimum atomic E-state index is 0.474. The summed E-state index contributed by atoms with van der Waals surface area (Å²) in [5.41, 5.74) is 2.63. The Bertz CT molecular complexity index is 609. The Morgan fingerprint density at radius 3 is 2.91 bits per heavy atom. The van der Waals surface area contributed by atoms with Crippen molar-refractivity contribution in [2.24, 2.45) is 5.92 Å². The first-order valence-electron chi connectivity index (χ1n) is 8.48. The first-order chi connectivity index (χ1) is 11.2. The van der Waals surface area contributed by atoms with Gasteiger partial charge in [0.25, 0.3) is 0 Å². The molecule has 0 unspecified atom stereocenters. The SMILES string of the molecule is CCn1nccc1CN(C)C[C@@H]1CCN(C)[C@H]1c1cccnc1. The van der Waals surface area contributed by atoms with Gasteiger partial charge >= 0.3 is 0 Å². The zero-order valence-electron chi connectivity index (χ0n) is 14.4. The number of hydrogen-bond acceptors (Lipinski definition) is 4. The van der Waals surface area contributed by atoms with Crippen LogP contribution in [0.15, 0.2) is 36.8 Å².